The smallest absolute Gasteiger partial charge is 0.165 e. The average molecular weight is 250 g/mol. The molecule has 0 saturated carbocycles. The molecule has 96 valence electrons. The standard InChI is InChI=1S/C13H15FN2O2/c1-9(8-11(17)12-5-3-7-18-12)16-13-10(14)4-2-6-15-13/h2-7,9,11,17H,8H2,1H3,(H,15,16)/t9-,11+/m0/s1. The zero-order chi connectivity index (χ0) is 13.0. The van der Waals surface area contributed by atoms with Gasteiger partial charge in [0.05, 0.1) is 6.26 Å². The van der Waals surface area contributed by atoms with Crippen LogP contribution in [-0.4, -0.2) is 16.1 Å². The van der Waals surface area contributed by atoms with Gasteiger partial charge in [-0.05, 0) is 31.2 Å². The molecule has 0 fully saturated rings. The summed E-state index contributed by atoms with van der Waals surface area (Å²) in [5, 5.41) is 12.8. The van der Waals surface area contributed by atoms with E-state index in [4.69, 9.17) is 4.42 Å². The van der Waals surface area contributed by atoms with E-state index in [1.54, 1.807) is 12.1 Å². The summed E-state index contributed by atoms with van der Waals surface area (Å²) in [6.45, 7) is 1.85. The number of anilines is 1. The molecule has 2 N–H and O–H groups in total. The minimum absolute atomic E-state index is 0.130. The zero-order valence-corrected chi connectivity index (χ0v) is 10.0. The van der Waals surface area contributed by atoms with Crippen molar-refractivity contribution < 1.29 is 13.9 Å². The second kappa shape index (κ2) is 5.64. The number of rotatable bonds is 5. The number of pyridine rings is 1. The van der Waals surface area contributed by atoms with Crippen LogP contribution in [-0.2, 0) is 0 Å². The fraction of sp³-hybridized carbons (Fsp3) is 0.308. The Kier molecular flexibility index (Phi) is 3.94. The molecule has 18 heavy (non-hydrogen) atoms. The SMILES string of the molecule is C[C@@H](C[C@@H](O)c1ccco1)Nc1ncccc1F. The average Bonchev–Trinajstić information content (AvgIpc) is 2.85. The van der Waals surface area contributed by atoms with E-state index >= 15 is 0 Å². The van der Waals surface area contributed by atoms with Crippen LogP contribution in [0.1, 0.15) is 25.2 Å². The maximum atomic E-state index is 13.4. The van der Waals surface area contributed by atoms with Gasteiger partial charge in [0.15, 0.2) is 11.6 Å². The van der Waals surface area contributed by atoms with Crippen molar-refractivity contribution in [2.75, 3.05) is 5.32 Å². The number of halogens is 1. The van der Waals surface area contributed by atoms with Gasteiger partial charge in [-0.2, -0.15) is 0 Å². The van der Waals surface area contributed by atoms with Gasteiger partial charge in [0, 0.05) is 18.7 Å². The lowest BCUT2D eigenvalue weighted by Crippen LogP contribution is -2.20. The van der Waals surface area contributed by atoms with Crippen LogP contribution in [0.2, 0.25) is 0 Å². The van der Waals surface area contributed by atoms with E-state index < -0.39 is 11.9 Å². The largest absolute Gasteiger partial charge is 0.467 e. The third-order valence-electron chi connectivity index (χ3n) is 2.59. The molecule has 2 heterocycles. The predicted molar refractivity (Wildman–Crippen MR) is 65.6 cm³/mol. The molecule has 0 bridgehead atoms. The highest BCUT2D eigenvalue weighted by atomic mass is 19.1. The number of furan rings is 1. The summed E-state index contributed by atoms with van der Waals surface area (Å²) in [5.74, 6) is 0.290. The maximum absolute atomic E-state index is 13.4. The minimum Gasteiger partial charge on any atom is -0.467 e. The first-order chi connectivity index (χ1) is 8.66. The highest BCUT2D eigenvalue weighted by molar-refractivity contribution is 5.36. The van der Waals surface area contributed by atoms with Crippen molar-refractivity contribution in [1.29, 1.82) is 0 Å². The summed E-state index contributed by atoms with van der Waals surface area (Å²) in [6.07, 6.45) is 2.72. The third kappa shape index (κ3) is 3.07. The quantitative estimate of drug-likeness (QED) is 0.856. The third-order valence-corrected chi connectivity index (χ3v) is 2.59. The number of nitrogens with one attached hydrogen (secondary N) is 1. The lowest BCUT2D eigenvalue weighted by Gasteiger charge is -2.17. The van der Waals surface area contributed by atoms with Crippen LogP contribution in [0.25, 0.3) is 0 Å². The summed E-state index contributed by atoms with van der Waals surface area (Å²) < 4.78 is 18.5. The van der Waals surface area contributed by atoms with E-state index in [0.717, 1.165) is 0 Å². The molecule has 0 aliphatic rings. The van der Waals surface area contributed by atoms with Crippen molar-refractivity contribution in [3.63, 3.8) is 0 Å². The van der Waals surface area contributed by atoms with Crippen LogP contribution < -0.4 is 5.32 Å². The number of aliphatic hydroxyl groups is 1. The molecule has 2 aromatic heterocycles. The molecule has 2 rings (SSSR count). The Morgan fingerprint density at radius 3 is 2.94 bits per heavy atom. The fourth-order valence-corrected chi connectivity index (χ4v) is 1.72. The van der Waals surface area contributed by atoms with E-state index in [1.807, 2.05) is 6.92 Å². The number of aromatic nitrogens is 1. The van der Waals surface area contributed by atoms with Gasteiger partial charge < -0.3 is 14.8 Å². The van der Waals surface area contributed by atoms with Gasteiger partial charge in [-0.1, -0.05) is 0 Å². The highest BCUT2D eigenvalue weighted by Gasteiger charge is 2.15. The van der Waals surface area contributed by atoms with Crippen LogP contribution in [0.4, 0.5) is 10.2 Å². The first kappa shape index (κ1) is 12.6. The van der Waals surface area contributed by atoms with Crippen LogP contribution >= 0.6 is 0 Å². The van der Waals surface area contributed by atoms with Gasteiger partial charge >= 0.3 is 0 Å². The summed E-state index contributed by atoms with van der Waals surface area (Å²) >= 11 is 0. The molecule has 2 aromatic rings. The van der Waals surface area contributed by atoms with Crippen molar-refractivity contribution >= 4 is 5.82 Å². The number of aliphatic hydroxyl groups excluding tert-OH is 1. The Labute approximate surface area is 104 Å². The summed E-state index contributed by atoms with van der Waals surface area (Å²) in [6, 6.07) is 6.16. The van der Waals surface area contributed by atoms with E-state index in [1.165, 1.54) is 24.6 Å². The van der Waals surface area contributed by atoms with Crippen LogP contribution in [0.15, 0.2) is 41.1 Å². The van der Waals surface area contributed by atoms with Crippen molar-refractivity contribution in [2.45, 2.75) is 25.5 Å². The van der Waals surface area contributed by atoms with Gasteiger partial charge in [0.1, 0.15) is 11.9 Å². The van der Waals surface area contributed by atoms with Gasteiger partial charge in [-0.15, -0.1) is 0 Å². The molecule has 2 atom stereocenters. The lowest BCUT2D eigenvalue weighted by molar-refractivity contribution is 0.136. The molecule has 0 aliphatic heterocycles. The second-order valence-corrected chi connectivity index (χ2v) is 4.15. The monoisotopic (exact) mass is 250 g/mol. The van der Waals surface area contributed by atoms with E-state index in [-0.39, 0.29) is 11.9 Å². The molecule has 0 saturated heterocycles. The predicted octanol–water partition coefficient (Wildman–Crippen LogP) is 2.74. The normalized spacial score (nSPS) is 14.2. The number of hydrogen-bond acceptors (Lipinski definition) is 4. The van der Waals surface area contributed by atoms with Crippen LogP contribution in [0.5, 0.6) is 0 Å². The van der Waals surface area contributed by atoms with Crippen molar-refractivity contribution in [2.24, 2.45) is 0 Å². The van der Waals surface area contributed by atoms with Gasteiger partial charge in [0.2, 0.25) is 0 Å². The van der Waals surface area contributed by atoms with Crippen molar-refractivity contribution in [1.82, 2.24) is 4.98 Å². The van der Waals surface area contributed by atoms with E-state index in [2.05, 4.69) is 10.3 Å². The Hall–Kier alpha value is -1.88. The molecule has 0 unspecified atom stereocenters. The van der Waals surface area contributed by atoms with Crippen LogP contribution in [0.3, 0.4) is 0 Å². The summed E-state index contributed by atoms with van der Waals surface area (Å²) in [4.78, 5) is 3.90. The molecular formula is C13H15FN2O2. The highest BCUT2D eigenvalue weighted by Crippen LogP contribution is 2.20. The first-order valence-electron chi connectivity index (χ1n) is 5.75. The molecule has 0 aliphatic carbocycles. The molecule has 5 heteroatoms. The second-order valence-electron chi connectivity index (χ2n) is 4.15. The molecule has 0 spiro atoms. The van der Waals surface area contributed by atoms with Crippen molar-refractivity contribution in [3.05, 3.63) is 48.3 Å². The molecule has 4 nitrogen and oxygen atoms in total. The first-order valence-corrected chi connectivity index (χ1v) is 5.75. The molecule has 0 amide bonds. The van der Waals surface area contributed by atoms with E-state index in [0.29, 0.717) is 12.2 Å². The molecular weight excluding hydrogens is 235 g/mol. The van der Waals surface area contributed by atoms with Crippen LogP contribution in [0, 0.1) is 5.82 Å². The summed E-state index contributed by atoms with van der Waals surface area (Å²) in [5.41, 5.74) is 0. The molecule has 0 radical (unpaired) electrons. The maximum Gasteiger partial charge on any atom is 0.165 e. The fourth-order valence-electron chi connectivity index (χ4n) is 1.72. The summed E-state index contributed by atoms with van der Waals surface area (Å²) in [7, 11) is 0. The molecule has 0 aromatic carbocycles. The van der Waals surface area contributed by atoms with E-state index in [9.17, 15) is 9.50 Å². The Balaban J connectivity index is 1.93. The van der Waals surface area contributed by atoms with Gasteiger partial charge in [0.25, 0.3) is 0 Å². The topological polar surface area (TPSA) is 58.3 Å². The Morgan fingerprint density at radius 1 is 1.44 bits per heavy atom. The van der Waals surface area contributed by atoms with Gasteiger partial charge in [-0.3, -0.25) is 0 Å². The number of nitrogens with zero attached hydrogens (tertiary/aromatic N) is 1. The van der Waals surface area contributed by atoms with Gasteiger partial charge in [-0.25, -0.2) is 9.37 Å². The lowest BCUT2D eigenvalue weighted by atomic mass is 10.1. The van der Waals surface area contributed by atoms with Crippen molar-refractivity contribution in [3.8, 4) is 0 Å². The minimum atomic E-state index is -0.714. The Morgan fingerprint density at radius 2 is 2.28 bits per heavy atom. The Bertz CT molecular complexity index is 487. The number of hydrogen-bond donors (Lipinski definition) is 2. The zero-order valence-electron chi connectivity index (χ0n) is 10.0.